The molecule has 1 heterocycles. The van der Waals surface area contributed by atoms with Gasteiger partial charge in [0.2, 0.25) is 0 Å². The minimum atomic E-state index is -0.212. The van der Waals surface area contributed by atoms with Crippen LogP contribution >= 0.6 is 0 Å². The van der Waals surface area contributed by atoms with Crippen molar-refractivity contribution in [1.82, 2.24) is 15.1 Å². The zero-order chi connectivity index (χ0) is 9.84. The van der Waals surface area contributed by atoms with Gasteiger partial charge < -0.3 is 9.74 Å². The lowest BCUT2D eigenvalue weighted by Gasteiger charge is -2.08. The van der Waals surface area contributed by atoms with Gasteiger partial charge in [-0.3, -0.25) is 4.79 Å². The molecule has 1 amide bonds. The van der Waals surface area contributed by atoms with Crippen LogP contribution < -0.4 is 10.7 Å². The lowest BCUT2D eigenvalue weighted by molar-refractivity contribution is 0.0820. The topological polar surface area (TPSA) is 81.3 Å². The Hall–Kier alpha value is -1.69. The molecule has 0 fully saturated rings. The summed E-state index contributed by atoms with van der Waals surface area (Å²) in [6.07, 6.45) is 0. The summed E-state index contributed by atoms with van der Waals surface area (Å²) in [5.41, 5.74) is 0.255. The van der Waals surface area contributed by atoms with Crippen LogP contribution in [0.1, 0.15) is 10.5 Å². The van der Waals surface area contributed by atoms with E-state index in [4.69, 9.17) is 5.90 Å². The van der Waals surface area contributed by atoms with E-state index < -0.39 is 0 Å². The van der Waals surface area contributed by atoms with Crippen molar-refractivity contribution < 1.29 is 9.63 Å². The number of carbonyl (C=O) groups excluding carboxylic acids is 1. The van der Waals surface area contributed by atoms with Gasteiger partial charge in [0.15, 0.2) is 5.69 Å². The highest BCUT2D eigenvalue weighted by Gasteiger charge is 2.09. The Bertz CT molecular complexity index is 296. The molecule has 6 nitrogen and oxygen atoms in total. The van der Waals surface area contributed by atoms with Gasteiger partial charge in [0.1, 0.15) is 0 Å². The minimum Gasteiger partial charge on any atom is -0.390 e. The van der Waals surface area contributed by atoms with Crippen LogP contribution in [-0.4, -0.2) is 35.1 Å². The molecule has 0 aliphatic carbocycles. The summed E-state index contributed by atoms with van der Waals surface area (Å²) in [6.45, 7) is 0. The van der Waals surface area contributed by atoms with Gasteiger partial charge in [-0.2, -0.15) is 5.90 Å². The van der Waals surface area contributed by atoms with E-state index in [0.29, 0.717) is 0 Å². The maximum Gasteiger partial charge on any atom is 0.273 e. The van der Waals surface area contributed by atoms with Crippen molar-refractivity contribution >= 4 is 5.91 Å². The number of nitrogens with two attached hydrogens (primary N) is 1. The fraction of sp³-hybridized carbons (Fsp3) is 0.286. The first-order valence-electron chi connectivity index (χ1n) is 3.57. The summed E-state index contributed by atoms with van der Waals surface area (Å²) < 4.78 is 0. The molecule has 70 valence electrons. The summed E-state index contributed by atoms with van der Waals surface area (Å²) in [5.74, 6) is 4.80. The van der Waals surface area contributed by atoms with E-state index in [1.807, 2.05) is 0 Å². The van der Waals surface area contributed by atoms with Gasteiger partial charge in [0, 0.05) is 20.2 Å². The second kappa shape index (κ2) is 3.81. The van der Waals surface area contributed by atoms with Crippen molar-refractivity contribution in [2.24, 2.45) is 5.90 Å². The molecule has 0 spiro atoms. The van der Waals surface area contributed by atoms with Crippen LogP contribution in [0.2, 0.25) is 0 Å². The third-order valence-corrected chi connectivity index (χ3v) is 1.39. The predicted molar refractivity (Wildman–Crippen MR) is 44.9 cm³/mol. The first-order chi connectivity index (χ1) is 6.15. The molecule has 1 aromatic heterocycles. The molecule has 0 unspecified atom stereocenters. The van der Waals surface area contributed by atoms with E-state index in [1.54, 1.807) is 14.1 Å². The molecule has 0 aliphatic rings. The van der Waals surface area contributed by atoms with E-state index in [1.165, 1.54) is 17.0 Å². The summed E-state index contributed by atoms with van der Waals surface area (Å²) in [7, 11) is 3.27. The van der Waals surface area contributed by atoms with Crippen LogP contribution in [-0.2, 0) is 0 Å². The van der Waals surface area contributed by atoms with Crippen LogP contribution in [0.15, 0.2) is 12.1 Å². The van der Waals surface area contributed by atoms with Crippen LogP contribution in [0, 0.1) is 0 Å². The van der Waals surface area contributed by atoms with E-state index in [9.17, 15) is 4.79 Å². The van der Waals surface area contributed by atoms with Gasteiger partial charge in [0.25, 0.3) is 11.8 Å². The molecule has 13 heavy (non-hydrogen) atoms. The van der Waals surface area contributed by atoms with Crippen molar-refractivity contribution in [3.05, 3.63) is 17.8 Å². The highest BCUT2D eigenvalue weighted by Crippen LogP contribution is 2.03. The highest BCUT2D eigenvalue weighted by molar-refractivity contribution is 5.91. The molecule has 1 rings (SSSR count). The van der Waals surface area contributed by atoms with E-state index in [0.717, 1.165) is 0 Å². The van der Waals surface area contributed by atoms with E-state index in [-0.39, 0.29) is 17.5 Å². The second-order valence-corrected chi connectivity index (χ2v) is 2.57. The molecule has 6 heteroatoms. The predicted octanol–water partition coefficient (Wildman–Crippen LogP) is -0.569. The minimum absolute atomic E-state index is 0.176. The summed E-state index contributed by atoms with van der Waals surface area (Å²) in [4.78, 5) is 17.0. The molecule has 0 atom stereocenters. The SMILES string of the molecule is CN(C)C(=O)c1ccc(ON)nn1. The summed E-state index contributed by atoms with van der Waals surface area (Å²) >= 11 is 0. The van der Waals surface area contributed by atoms with Crippen LogP contribution in [0.25, 0.3) is 0 Å². The molecule has 1 aromatic rings. The molecule has 0 bridgehead atoms. The smallest absolute Gasteiger partial charge is 0.273 e. The van der Waals surface area contributed by atoms with Gasteiger partial charge in [-0.15, -0.1) is 10.2 Å². The maximum absolute atomic E-state index is 11.3. The van der Waals surface area contributed by atoms with Crippen LogP contribution in [0.5, 0.6) is 5.88 Å². The Morgan fingerprint density at radius 3 is 2.54 bits per heavy atom. The number of amides is 1. The van der Waals surface area contributed by atoms with Crippen molar-refractivity contribution in [3.8, 4) is 5.88 Å². The molecule has 0 aromatic carbocycles. The Morgan fingerprint density at radius 1 is 1.46 bits per heavy atom. The number of aromatic nitrogens is 2. The van der Waals surface area contributed by atoms with Gasteiger partial charge in [-0.1, -0.05) is 0 Å². The number of hydrogen-bond donors (Lipinski definition) is 1. The third-order valence-electron chi connectivity index (χ3n) is 1.39. The quantitative estimate of drug-likeness (QED) is 0.619. The van der Waals surface area contributed by atoms with Crippen LogP contribution in [0.4, 0.5) is 0 Å². The van der Waals surface area contributed by atoms with Crippen molar-refractivity contribution in [3.63, 3.8) is 0 Å². The second-order valence-electron chi connectivity index (χ2n) is 2.57. The summed E-state index contributed by atoms with van der Waals surface area (Å²) in [6, 6.07) is 2.97. The highest BCUT2D eigenvalue weighted by atomic mass is 16.6. The first kappa shape index (κ1) is 9.40. The molecule has 0 saturated heterocycles. The Labute approximate surface area is 75.3 Å². The van der Waals surface area contributed by atoms with Gasteiger partial charge in [-0.05, 0) is 6.07 Å². The maximum atomic E-state index is 11.3. The van der Waals surface area contributed by atoms with Crippen molar-refractivity contribution in [2.45, 2.75) is 0 Å². The third kappa shape index (κ3) is 2.12. The standard InChI is InChI=1S/C7H10N4O2/c1-11(2)7(12)5-3-4-6(13-8)10-9-5/h3-4H,8H2,1-2H3. The van der Waals surface area contributed by atoms with Gasteiger partial charge in [-0.25, -0.2) is 0 Å². The molecular weight excluding hydrogens is 172 g/mol. The van der Waals surface area contributed by atoms with Gasteiger partial charge >= 0.3 is 0 Å². The molecule has 0 aliphatic heterocycles. The number of nitrogens with zero attached hydrogens (tertiary/aromatic N) is 3. The zero-order valence-electron chi connectivity index (χ0n) is 7.39. The number of carbonyl (C=O) groups is 1. The fourth-order valence-corrected chi connectivity index (χ4v) is 0.726. The largest absolute Gasteiger partial charge is 0.390 e. The Kier molecular flexibility index (Phi) is 2.76. The normalized spacial score (nSPS) is 9.46. The Balaban J connectivity index is 2.86. The lowest BCUT2D eigenvalue weighted by atomic mass is 10.3. The number of rotatable bonds is 2. The van der Waals surface area contributed by atoms with E-state index >= 15 is 0 Å². The van der Waals surface area contributed by atoms with Gasteiger partial charge in [0.05, 0.1) is 0 Å². The molecule has 0 saturated carbocycles. The lowest BCUT2D eigenvalue weighted by Crippen LogP contribution is -2.23. The average molecular weight is 182 g/mol. The van der Waals surface area contributed by atoms with E-state index in [2.05, 4.69) is 15.0 Å². The average Bonchev–Trinajstić information content (AvgIpc) is 2.17. The molecule has 2 N–H and O–H groups in total. The first-order valence-corrected chi connectivity index (χ1v) is 3.57. The van der Waals surface area contributed by atoms with Crippen molar-refractivity contribution in [1.29, 1.82) is 0 Å². The molecular formula is C7H10N4O2. The van der Waals surface area contributed by atoms with Crippen LogP contribution in [0.3, 0.4) is 0 Å². The molecule has 0 radical (unpaired) electrons. The number of hydrogen-bond acceptors (Lipinski definition) is 5. The fourth-order valence-electron chi connectivity index (χ4n) is 0.726. The van der Waals surface area contributed by atoms with Crippen molar-refractivity contribution in [2.75, 3.05) is 14.1 Å². The Morgan fingerprint density at radius 2 is 2.15 bits per heavy atom. The summed E-state index contributed by atoms with van der Waals surface area (Å²) in [5, 5.41) is 7.18. The zero-order valence-corrected chi connectivity index (χ0v) is 7.39. The monoisotopic (exact) mass is 182 g/mol.